The average molecular weight is 583 g/mol. The largest absolute Gasteiger partial charge is 0.481 e. The number of nitrogens with one attached hydrogen (secondary N) is 1. The number of rotatable bonds is 10. The van der Waals surface area contributed by atoms with Crippen LogP contribution < -0.4 is 5.32 Å². The standard InChI is InChI=1S/C24H25BrF2N4O4S/c1-2-35-24(34)20-17(12-31-11-16(27)18(31)4-3-5-19(32)33)29-22(23-28-8-9-36-23)30-21(20)14-7-6-13(26)10-15(14)25/h6-10,16,18,21H,2-5,11-12H2,1H3,(H,29,30)(H,32,33)/t16?,18?,21-/m0/s1. The summed E-state index contributed by atoms with van der Waals surface area (Å²) in [5, 5.41) is 14.5. The van der Waals surface area contributed by atoms with Crippen LogP contribution in [0.5, 0.6) is 0 Å². The minimum absolute atomic E-state index is 0.0341. The number of carbonyl (C=O) groups excluding carboxylic acids is 1. The zero-order valence-electron chi connectivity index (χ0n) is 19.4. The fourth-order valence-electron chi connectivity index (χ4n) is 4.35. The summed E-state index contributed by atoms with van der Waals surface area (Å²) < 4.78 is 34.1. The number of carboxylic acid groups (broad SMARTS) is 1. The Morgan fingerprint density at radius 1 is 1.39 bits per heavy atom. The molecule has 4 rings (SSSR count). The van der Waals surface area contributed by atoms with Gasteiger partial charge < -0.3 is 15.2 Å². The summed E-state index contributed by atoms with van der Waals surface area (Å²) in [6.07, 6.45) is 1.26. The number of carbonyl (C=O) groups is 2. The summed E-state index contributed by atoms with van der Waals surface area (Å²) in [5.74, 6) is -1.50. The van der Waals surface area contributed by atoms with E-state index in [1.807, 2.05) is 4.90 Å². The van der Waals surface area contributed by atoms with Gasteiger partial charge in [-0.1, -0.05) is 22.0 Å². The van der Waals surface area contributed by atoms with E-state index >= 15 is 0 Å². The summed E-state index contributed by atoms with van der Waals surface area (Å²) in [6.45, 7) is 2.20. The van der Waals surface area contributed by atoms with Crippen LogP contribution in [0.15, 0.2) is 50.5 Å². The second-order valence-electron chi connectivity index (χ2n) is 8.42. The fourth-order valence-corrected chi connectivity index (χ4v) is 5.50. The van der Waals surface area contributed by atoms with Crippen LogP contribution in [0.1, 0.15) is 42.8 Å². The highest BCUT2D eigenvalue weighted by molar-refractivity contribution is 9.10. The Morgan fingerprint density at radius 2 is 2.19 bits per heavy atom. The molecule has 8 nitrogen and oxygen atoms in total. The molecule has 0 spiro atoms. The van der Waals surface area contributed by atoms with Gasteiger partial charge in [-0.2, -0.15) is 0 Å². The number of aliphatic carboxylic acids is 1. The smallest absolute Gasteiger partial charge is 0.338 e. The van der Waals surface area contributed by atoms with E-state index in [1.165, 1.54) is 23.5 Å². The van der Waals surface area contributed by atoms with Crippen molar-refractivity contribution in [3.8, 4) is 0 Å². The van der Waals surface area contributed by atoms with E-state index in [2.05, 4.69) is 26.2 Å². The fraction of sp³-hybridized carbons (Fsp3) is 0.417. The average Bonchev–Trinajstić information content (AvgIpc) is 3.36. The van der Waals surface area contributed by atoms with E-state index in [0.29, 0.717) is 39.4 Å². The summed E-state index contributed by atoms with van der Waals surface area (Å²) in [7, 11) is 0. The second kappa shape index (κ2) is 11.6. The number of hydrogen-bond donors (Lipinski definition) is 2. The number of carboxylic acids is 1. The van der Waals surface area contributed by atoms with Gasteiger partial charge in [-0.05, 0) is 37.5 Å². The molecule has 2 unspecified atom stereocenters. The lowest BCUT2D eigenvalue weighted by molar-refractivity contribution is -0.139. The topological polar surface area (TPSA) is 104 Å². The van der Waals surface area contributed by atoms with Gasteiger partial charge in [0.25, 0.3) is 0 Å². The Labute approximate surface area is 219 Å². The molecule has 2 aliphatic rings. The van der Waals surface area contributed by atoms with Crippen LogP contribution in [0.3, 0.4) is 0 Å². The van der Waals surface area contributed by atoms with Gasteiger partial charge in [0.05, 0.1) is 12.2 Å². The number of thiazole rings is 1. The number of hydrogen-bond acceptors (Lipinski definition) is 8. The molecule has 3 atom stereocenters. The number of benzene rings is 1. The predicted octanol–water partition coefficient (Wildman–Crippen LogP) is 4.23. The number of aliphatic imine (C=N–C) groups is 1. The maximum absolute atomic E-state index is 14.4. The van der Waals surface area contributed by atoms with Crippen molar-refractivity contribution in [2.75, 3.05) is 19.7 Å². The van der Waals surface area contributed by atoms with Gasteiger partial charge in [0.15, 0.2) is 10.8 Å². The third kappa shape index (κ3) is 5.81. The molecule has 36 heavy (non-hydrogen) atoms. The molecule has 0 amide bonds. The van der Waals surface area contributed by atoms with Crippen molar-refractivity contribution in [3.05, 3.63) is 61.9 Å². The number of amidine groups is 1. The first-order valence-corrected chi connectivity index (χ1v) is 13.2. The monoisotopic (exact) mass is 582 g/mol. The molecule has 1 aromatic heterocycles. The van der Waals surface area contributed by atoms with Crippen molar-refractivity contribution >= 4 is 45.0 Å². The van der Waals surface area contributed by atoms with Crippen LogP contribution in [0, 0.1) is 5.82 Å². The molecular weight excluding hydrogens is 558 g/mol. The Kier molecular flexibility index (Phi) is 8.47. The van der Waals surface area contributed by atoms with Crippen molar-refractivity contribution in [1.29, 1.82) is 0 Å². The minimum atomic E-state index is -1.08. The molecule has 2 aliphatic heterocycles. The quantitative estimate of drug-likeness (QED) is 0.404. The molecule has 192 valence electrons. The van der Waals surface area contributed by atoms with Gasteiger partial charge in [0, 0.05) is 47.3 Å². The summed E-state index contributed by atoms with van der Waals surface area (Å²) in [6, 6.07) is 2.89. The van der Waals surface area contributed by atoms with E-state index in [-0.39, 0.29) is 31.7 Å². The Bertz CT molecular complexity index is 1190. The molecule has 12 heteroatoms. The number of nitrogens with zero attached hydrogens (tertiary/aromatic N) is 3. The van der Waals surface area contributed by atoms with Gasteiger partial charge in [-0.15, -0.1) is 11.3 Å². The van der Waals surface area contributed by atoms with E-state index in [0.717, 1.165) is 0 Å². The highest BCUT2D eigenvalue weighted by Crippen LogP contribution is 2.38. The lowest BCUT2D eigenvalue weighted by Crippen LogP contribution is -2.59. The van der Waals surface area contributed by atoms with Crippen molar-refractivity contribution in [2.45, 2.75) is 44.4 Å². The van der Waals surface area contributed by atoms with E-state index < -0.39 is 36.0 Å². The first-order valence-electron chi connectivity index (χ1n) is 11.5. The maximum atomic E-state index is 14.4. The lowest BCUT2D eigenvalue weighted by atomic mass is 9.92. The van der Waals surface area contributed by atoms with Gasteiger partial charge in [-0.3, -0.25) is 14.7 Å². The SMILES string of the molecule is CCOC(=O)C1=C(CN2CC(F)C2CCCC(=O)O)NC(c2nccs2)=N[C@H]1c1ccc(F)cc1Br. The second-order valence-corrected chi connectivity index (χ2v) is 10.2. The molecule has 0 saturated carbocycles. The zero-order chi connectivity index (χ0) is 25.8. The molecule has 0 bridgehead atoms. The van der Waals surface area contributed by atoms with Crippen LogP contribution in [0.25, 0.3) is 0 Å². The van der Waals surface area contributed by atoms with Crippen molar-refractivity contribution in [3.63, 3.8) is 0 Å². The van der Waals surface area contributed by atoms with Gasteiger partial charge in [0.2, 0.25) is 0 Å². The zero-order valence-corrected chi connectivity index (χ0v) is 21.8. The molecule has 3 heterocycles. The minimum Gasteiger partial charge on any atom is -0.481 e. The maximum Gasteiger partial charge on any atom is 0.338 e. The lowest BCUT2D eigenvalue weighted by Gasteiger charge is -2.45. The number of esters is 1. The highest BCUT2D eigenvalue weighted by atomic mass is 79.9. The Hall–Kier alpha value is -2.70. The van der Waals surface area contributed by atoms with Gasteiger partial charge >= 0.3 is 11.9 Å². The number of halogens is 3. The first-order chi connectivity index (χ1) is 17.3. The summed E-state index contributed by atoms with van der Waals surface area (Å²) in [4.78, 5) is 35.0. The van der Waals surface area contributed by atoms with Crippen LogP contribution in [-0.4, -0.2) is 64.7 Å². The van der Waals surface area contributed by atoms with Crippen molar-refractivity contribution in [1.82, 2.24) is 15.2 Å². The van der Waals surface area contributed by atoms with Gasteiger partial charge in [-0.25, -0.2) is 18.6 Å². The number of aromatic nitrogens is 1. The molecule has 0 aliphatic carbocycles. The van der Waals surface area contributed by atoms with Crippen LogP contribution in [0.4, 0.5) is 8.78 Å². The number of ether oxygens (including phenoxy) is 1. The van der Waals surface area contributed by atoms with E-state index in [4.69, 9.17) is 14.8 Å². The molecule has 0 radical (unpaired) electrons. The Morgan fingerprint density at radius 3 is 2.83 bits per heavy atom. The summed E-state index contributed by atoms with van der Waals surface area (Å²) >= 11 is 4.76. The van der Waals surface area contributed by atoms with Crippen molar-refractivity contribution in [2.24, 2.45) is 4.99 Å². The van der Waals surface area contributed by atoms with Gasteiger partial charge in [0.1, 0.15) is 18.0 Å². The van der Waals surface area contributed by atoms with Crippen LogP contribution in [-0.2, 0) is 14.3 Å². The number of alkyl halides is 1. The number of likely N-dealkylation sites (tertiary alicyclic amines) is 1. The highest BCUT2D eigenvalue weighted by Gasteiger charge is 2.41. The predicted molar refractivity (Wildman–Crippen MR) is 134 cm³/mol. The van der Waals surface area contributed by atoms with Crippen LogP contribution in [0.2, 0.25) is 0 Å². The van der Waals surface area contributed by atoms with E-state index in [9.17, 15) is 18.4 Å². The Balaban J connectivity index is 1.72. The molecule has 1 saturated heterocycles. The normalized spacial score (nSPS) is 22.0. The molecular formula is C24H25BrF2N4O4S. The first kappa shape index (κ1) is 26.4. The molecule has 2 N–H and O–H groups in total. The third-order valence-corrected chi connectivity index (χ3v) is 7.53. The molecule has 2 aromatic rings. The van der Waals surface area contributed by atoms with Crippen LogP contribution >= 0.6 is 27.3 Å². The van der Waals surface area contributed by atoms with Crippen molar-refractivity contribution < 1.29 is 28.2 Å². The third-order valence-electron chi connectivity index (χ3n) is 6.06. The molecule has 1 fully saturated rings. The van der Waals surface area contributed by atoms with E-state index in [1.54, 1.807) is 24.6 Å². The molecule has 1 aromatic carbocycles. The summed E-state index contributed by atoms with van der Waals surface area (Å²) in [5.41, 5.74) is 1.30.